The molecule has 0 saturated carbocycles. The lowest BCUT2D eigenvalue weighted by molar-refractivity contribution is -0.108. The Morgan fingerprint density at radius 1 is 1.86 bits per heavy atom. The molecule has 7 heavy (non-hydrogen) atoms. The van der Waals surface area contributed by atoms with Gasteiger partial charge in [-0.1, -0.05) is 12.8 Å². The lowest BCUT2D eigenvalue weighted by Crippen LogP contribution is -1.98. The second-order valence-electron chi connectivity index (χ2n) is 0.918. The van der Waals surface area contributed by atoms with Crippen molar-refractivity contribution < 1.29 is 4.79 Å². The van der Waals surface area contributed by atoms with Crippen molar-refractivity contribution in [2.24, 2.45) is 0 Å². The van der Waals surface area contributed by atoms with Crippen LogP contribution in [-0.4, -0.2) is 6.41 Å². The van der Waals surface area contributed by atoms with Crippen LogP contribution in [-0.2, 0) is 4.79 Å². The maximum atomic E-state index is 9.47. The fourth-order valence-corrected chi connectivity index (χ4v) is 0.169. The highest BCUT2D eigenvalue weighted by Gasteiger charge is 1.59. The average Bonchev–Trinajstić information content (AvgIpc) is 1.69. The molecule has 0 unspecified atom stereocenters. The molecule has 0 radical (unpaired) electrons. The summed E-state index contributed by atoms with van der Waals surface area (Å²) in [5.41, 5.74) is 0. The van der Waals surface area contributed by atoms with Gasteiger partial charge in [0.05, 0.1) is 0 Å². The van der Waals surface area contributed by atoms with Crippen molar-refractivity contribution in [3.8, 4) is 12.0 Å². The molecular weight excluding hydrogens is 90.1 g/mol. The minimum absolute atomic E-state index is 0.558. The fourth-order valence-electron chi connectivity index (χ4n) is 0.169. The molecular formula is C5H7NO. The van der Waals surface area contributed by atoms with E-state index in [2.05, 4.69) is 17.3 Å². The number of hydrogen-bond donors (Lipinski definition) is 1. The molecule has 1 N–H and O–H groups in total. The Kier molecular flexibility index (Phi) is 4.33. The number of nitrogens with one attached hydrogen (secondary N) is 1. The van der Waals surface area contributed by atoms with Crippen LogP contribution in [0.5, 0.6) is 0 Å². The van der Waals surface area contributed by atoms with Crippen LogP contribution in [0.15, 0.2) is 0 Å². The maximum Gasteiger partial charge on any atom is 0.218 e. The zero-order valence-electron chi connectivity index (χ0n) is 4.19. The van der Waals surface area contributed by atoms with E-state index >= 15 is 0 Å². The average molecular weight is 97.1 g/mol. The molecule has 1 amide bonds. The molecule has 0 rings (SSSR count). The number of carbonyl (C=O) groups is 1. The summed E-state index contributed by atoms with van der Waals surface area (Å²) >= 11 is 0. The van der Waals surface area contributed by atoms with Gasteiger partial charge in [0.2, 0.25) is 6.41 Å². The third kappa shape index (κ3) is 5.03. The van der Waals surface area contributed by atoms with Crippen LogP contribution in [0.3, 0.4) is 0 Å². The molecule has 0 aliphatic carbocycles. The highest BCUT2D eigenvalue weighted by molar-refractivity contribution is 5.49. The van der Waals surface area contributed by atoms with Gasteiger partial charge in [-0.3, -0.25) is 10.1 Å². The third-order valence-corrected chi connectivity index (χ3v) is 0.396. The van der Waals surface area contributed by atoms with E-state index in [0.717, 1.165) is 6.42 Å². The second-order valence-corrected chi connectivity index (χ2v) is 0.918. The maximum absolute atomic E-state index is 9.47. The predicted octanol–water partition coefficient (Wildman–Crippen LogP) is 0.103. The van der Waals surface area contributed by atoms with E-state index in [9.17, 15) is 4.79 Å². The van der Waals surface area contributed by atoms with Crippen molar-refractivity contribution in [2.75, 3.05) is 0 Å². The van der Waals surface area contributed by atoms with Gasteiger partial charge in [0.1, 0.15) is 0 Å². The molecule has 0 fully saturated rings. The highest BCUT2D eigenvalue weighted by Crippen LogP contribution is 1.61. The van der Waals surface area contributed by atoms with E-state index in [1.807, 2.05) is 6.92 Å². The molecule has 0 saturated heterocycles. The summed E-state index contributed by atoms with van der Waals surface area (Å²) in [6, 6.07) is 2.42. The summed E-state index contributed by atoms with van der Waals surface area (Å²) < 4.78 is 0. The predicted molar refractivity (Wildman–Crippen MR) is 27.3 cm³/mol. The third-order valence-electron chi connectivity index (χ3n) is 0.396. The number of rotatable bonds is 1. The molecule has 0 atom stereocenters. The van der Waals surface area contributed by atoms with Gasteiger partial charge in [-0.15, -0.1) is 0 Å². The van der Waals surface area contributed by atoms with E-state index in [0.29, 0.717) is 6.41 Å². The molecule has 0 bridgehead atoms. The van der Waals surface area contributed by atoms with Gasteiger partial charge in [0.25, 0.3) is 0 Å². The first-order valence-electron chi connectivity index (χ1n) is 2.09. The van der Waals surface area contributed by atoms with Crippen LogP contribution >= 0.6 is 0 Å². The first-order valence-corrected chi connectivity index (χ1v) is 2.09. The monoisotopic (exact) mass is 97.1 g/mol. The Morgan fingerprint density at radius 3 is 3.00 bits per heavy atom. The Labute approximate surface area is 42.9 Å². The Balaban J connectivity index is 3.06. The van der Waals surface area contributed by atoms with Crippen LogP contribution in [0.25, 0.3) is 0 Å². The van der Waals surface area contributed by atoms with Crippen molar-refractivity contribution in [3.63, 3.8) is 0 Å². The summed E-state index contributed by atoms with van der Waals surface area (Å²) in [5.74, 6) is 2.66. The molecule has 0 aromatic rings. The minimum Gasteiger partial charge on any atom is -0.288 e. The topological polar surface area (TPSA) is 29.1 Å². The van der Waals surface area contributed by atoms with E-state index in [4.69, 9.17) is 0 Å². The Morgan fingerprint density at radius 2 is 2.57 bits per heavy atom. The summed E-state index contributed by atoms with van der Waals surface area (Å²) in [7, 11) is 0. The summed E-state index contributed by atoms with van der Waals surface area (Å²) in [4.78, 5) is 9.47. The summed E-state index contributed by atoms with van der Waals surface area (Å²) in [5, 5.41) is 2.21. The lowest BCUT2D eigenvalue weighted by atomic mass is 10.5. The normalized spacial score (nSPS) is 5.86. The molecule has 0 spiro atoms. The van der Waals surface area contributed by atoms with E-state index in [1.54, 1.807) is 0 Å². The summed E-state index contributed by atoms with van der Waals surface area (Å²) in [6.45, 7) is 1.92. The second kappa shape index (κ2) is 5.03. The van der Waals surface area contributed by atoms with Gasteiger partial charge in [0.15, 0.2) is 0 Å². The minimum atomic E-state index is 0.558. The largest absolute Gasteiger partial charge is 0.288 e. The molecule has 2 nitrogen and oxygen atoms in total. The molecule has 0 aromatic heterocycles. The number of carbonyl (C=O) groups excluding carboxylic acids is 1. The van der Waals surface area contributed by atoms with E-state index in [-0.39, 0.29) is 0 Å². The quantitative estimate of drug-likeness (QED) is 0.281. The van der Waals surface area contributed by atoms with Crippen molar-refractivity contribution in [3.05, 3.63) is 0 Å². The van der Waals surface area contributed by atoms with Gasteiger partial charge in [-0.2, -0.15) is 0 Å². The van der Waals surface area contributed by atoms with Gasteiger partial charge >= 0.3 is 0 Å². The van der Waals surface area contributed by atoms with E-state index in [1.165, 1.54) is 0 Å². The van der Waals surface area contributed by atoms with Crippen molar-refractivity contribution in [1.82, 2.24) is 5.32 Å². The van der Waals surface area contributed by atoms with Gasteiger partial charge in [0, 0.05) is 12.5 Å². The molecule has 0 heterocycles. The zero-order chi connectivity index (χ0) is 5.54. The Hall–Kier alpha value is -0.970. The van der Waals surface area contributed by atoms with Gasteiger partial charge in [-0.25, -0.2) is 0 Å². The number of hydrogen-bond acceptors (Lipinski definition) is 1. The molecule has 0 aromatic carbocycles. The van der Waals surface area contributed by atoms with Crippen molar-refractivity contribution in [2.45, 2.75) is 13.3 Å². The first kappa shape index (κ1) is 6.03. The molecule has 0 aliphatic rings. The fraction of sp³-hybridized carbons (Fsp3) is 0.400. The Bertz CT molecular complexity index is 98.4. The first-order chi connectivity index (χ1) is 3.41. The highest BCUT2D eigenvalue weighted by atomic mass is 16.1. The standard InChI is InChI=1S/C5H7NO/c1-2-3-4-6-5-7/h5H,2H2,1H3,(H,6,7). The van der Waals surface area contributed by atoms with Crippen LogP contribution in [0.4, 0.5) is 0 Å². The smallest absolute Gasteiger partial charge is 0.218 e. The zero-order valence-corrected chi connectivity index (χ0v) is 4.19. The van der Waals surface area contributed by atoms with Crippen LogP contribution in [0.1, 0.15) is 13.3 Å². The van der Waals surface area contributed by atoms with Crippen LogP contribution < -0.4 is 5.32 Å². The van der Waals surface area contributed by atoms with E-state index < -0.39 is 0 Å². The summed E-state index contributed by atoms with van der Waals surface area (Å²) in [6.07, 6.45) is 1.34. The SMILES string of the molecule is CCC#CNC=O. The lowest BCUT2D eigenvalue weighted by Gasteiger charge is -1.71. The molecule has 2 heteroatoms. The van der Waals surface area contributed by atoms with Crippen molar-refractivity contribution in [1.29, 1.82) is 0 Å². The van der Waals surface area contributed by atoms with Gasteiger partial charge < -0.3 is 0 Å². The molecule has 0 aliphatic heterocycles. The van der Waals surface area contributed by atoms with Gasteiger partial charge in [-0.05, 0) is 0 Å². The number of amides is 1. The van der Waals surface area contributed by atoms with Crippen LogP contribution in [0, 0.1) is 12.0 Å². The molecule has 38 valence electrons. The van der Waals surface area contributed by atoms with Crippen molar-refractivity contribution >= 4 is 6.41 Å². The van der Waals surface area contributed by atoms with Crippen LogP contribution in [0.2, 0.25) is 0 Å².